The van der Waals surface area contributed by atoms with Gasteiger partial charge in [0, 0.05) is 11.5 Å². The van der Waals surface area contributed by atoms with Gasteiger partial charge in [-0.15, -0.1) is 0 Å². The van der Waals surface area contributed by atoms with E-state index >= 15 is 0 Å². The monoisotopic (exact) mass is 545 g/mol. The molecule has 0 aromatic heterocycles. The van der Waals surface area contributed by atoms with Gasteiger partial charge in [-0.3, -0.25) is 5.32 Å². The zero-order valence-electron chi connectivity index (χ0n) is 23.0. The summed E-state index contributed by atoms with van der Waals surface area (Å²) in [5.41, 5.74) is 0.994. The van der Waals surface area contributed by atoms with Crippen molar-refractivity contribution in [3.8, 4) is 0 Å². The second-order valence-corrected chi connectivity index (χ2v) is 12.3. The standard InChI is InChI=1S/C30H37F2NO6/c1-17-6-11-24-29(4,13-12-25-30(24,5)16-37-28(2,3)39-25)20(17)9-8-19-23(15-36-26(19)34)38-27(35)33-22-10-7-18(31)14-21(22)32/h7-8,10,14,20,23-25H,1,6,9,11-13,15-16H2,2-5H3,(H,33,35)/b19-8+/t20-,23-,24+,25-,29+,30+/m1/s1. The Kier molecular flexibility index (Phi) is 7.12. The van der Waals surface area contributed by atoms with E-state index in [0.717, 1.165) is 43.4 Å². The zero-order chi connectivity index (χ0) is 28.2. The number of nitrogens with one attached hydrogen (secondary N) is 1. The summed E-state index contributed by atoms with van der Waals surface area (Å²) in [5, 5.41) is 2.26. The minimum atomic E-state index is -0.963. The Bertz CT molecular complexity index is 1210. The minimum Gasteiger partial charge on any atom is -0.458 e. The van der Waals surface area contributed by atoms with Gasteiger partial charge in [0.05, 0.1) is 24.0 Å². The fourth-order valence-corrected chi connectivity index (χ4v) is 7.37. The molecule has 4 fully saturated rings. The van der Waals surface area contributed by atoms with Crippen LogP contribution < -0.4 is 5.32 Å². The maximum absolute atomic E-state index is 13.9. The maximum atomic E-state index is 13.9. The fourth-order valence-electron chi connectivity index (χ4n) is 7.37. The van der Waals surface area contributed by atoms with Gasteiger partial charge in [-0.2, -0.15) is 0 Å². The molecular weight excluding hydrogens is 508 g/mol. The lowest BCUT2D eigenvalue weighted by atomic mass is 9.46. The number of fused-ring (bicyclic) bond motifs is 3. The third-order valence-corrected chi connectivity index (χ3v) is 9.41. The molecule has 1 aromatic carbocycles. The van der Waals surface area contributed by atoms with Gasteiger partial charge in [0.15, 0.2) is 11.9 Å². The first kappa shape index (κ1) is 27.8. The van der Waals surface area contributed by atoms with E-state index in [1.807, 2.05) is 13.8 Å². The van der Waals surface area contributed by atoms with Crippen molar-refractivity contribution < 1.29 is 37.3 Å². The largest absolute Gasteiger partial charge is 0.458 e. The van der Waals surface area contributed by atoms with Crippen LogP contribution in [0.25, 0.3) is 0 Å². The normalized spacial score (nSPS) is 36.6. The molecule has 4 aliphatic rings. The summed E-state index contributed by atoms with van der Waals surface area (Å²) < 4.78 is 50.2. The number of amides is 1. The second kappa shape index (κ2) is 10.0. The molecule has 39 heavy (non-hydrogen) atoms. The highest BCUT2D eigenvalue weighted by Gasteiger charge is 2.60. The summed E-state index contributed by atoms with van der Waals surface area (Å²) in [4.78, 5) is 25.0. The topological polar surface area (TPSA) is 83.1 Å². The molecule has 0 radical (unpaired) electrons. The summed E-state index contributed by atoms with van der Waals surface area (Å²) in [6.07, 6.45) is 4.37. The van der Waals surface area contributed by atoms with E-state index in [1.54, 1.807) is 6.08 Å². The van der Waals surface area contributed by atoms with Gasteiger partial charge >= 0.3 is 12.1 Å². The molecule has 6 atom stereocenters. The predicted octanol–water partition coefficient (Wildman–Crippen LogP) is 6.30. The molecule has 2 heterocycles. The number of ether oxygens (including phenoxy) is 4. The average Bonchev–Trinajstić information content (AvgIpc) is 3.19. The Morgan fingerprint density at radius 1 is 1.21 bits per heavy atom. The molecule has 0 bridgehead atoms. The van der Waals surface area contributed by atoms with Crippen molar-refractivity contribution in [2.45, 2.75) is 77.8 Å². The number of hydrogen-bond acceptors (Lipinski definition) is 6. The van der Waals surface area contributed by atoms with Crippen LogP contribution in [0.2, 0.25) is 0 Å². The fraction of sp³-hybridized carbons (Fsp3) is 0.600. The van der Waals surface area contributed by atoms with Gasteiger partial charge in [0.1, 0.15) is 18.2 Å². The average molecular weight is 546 g/mol. The van der Waals surface area contributed by atoms with Gasteiger partial charge in [-0.05, 0) is 75.3 Å². The van der Waals surface area contributed by atoms with Crippen molar-refractivity contribution in [2.75, 3.05) is 18.5 Å². The highest BCUT2D eigenvalue weighted by atomic mass is 19.1. The van der Waals surface area contributed by atoms with Crippen molar-refractivity contribution in [1.29, 1.82) is 0 Å². The van der Waals surface area contributed by atoms with Crippen LogP contribution in [-0.2, 0) is 23.7 Å². The van der Waals surface area contributed by atoms with Gasteiger partial charge in [-0.25, -0.2) is 18.4 Å². The quantitative estimate of drug-likeness (QED) is 0.272. The van der Waals surface area contributed by atoms with E-state index < -0.39 is 35.6 Å². The Labute approximate surface area is 227 Å². The van der Waals surface area contributed by atoms with Crippen LogP contribution in [-0.4, -0.2) is 43.3 Å². The van der Waals surface area contributed by atoms with E-state index in [-0.39, 0.29) is 40.7 Å². The molecule has 5 rings (SSSR count). The Morgan fingerprint density at radius 3 is 2.72 bits per heavy atom. The van der Waals surface area contributed by atoms with Crippen LogP contribution in [0.15, 0.2) is 42.0 Å². The molecular formula is C30H37F2NO6. The molecule has 2 aliphatic heterocycles. The van der Waals surface area contributed by atoms with Gasteiger partial charge < -0.3 is 18.9 Å². The molecule has 2 saturated heterocycles. The van der Waals surface area contributed by atoms with Crippen molar-refractivity contribution in [3.05, 3.63) is 53.6 Å². The number of rotatable bonds is 4. The van der Waals surface area contributed by atoms with Crippen LogP contribution in [0.4, 0.5) is 19.3 Å². The first-order valence-corrected chi connectivity index (χ1v) is 13.6. The molecule has 1 aromatic rings. The lowest BCUT2D eigenvalue weighted by Crippen LogP contribution is -2.62. The summed E-state index contributed by atoms with van der Waals surface area (Å²) >= 11 is 0. The number of cyclic esters (lactones) is 1. The van der Waals surface area contributed by atoms with Crippen molar-refractivity contribution in [1.82, 2.24) is 0 Å². The number of hydrogen-bond donors (Lipinski definition) is 1. The molecule has 1 N–H and O–H groups in total. The SMILES string of the molecule is C=C1CC[C@@H]2[C@]3(C)COC(C)(C)O[C@@H]3CC[C@@]2(C)[C@@H]1C/C=C1/C(=O)OC[C@H]1OC(=O)Nc1ccc(F)cc1F. The number of halogens is 2. The number of allylic oxidation sites excluding steroid dienone is 2. The van der Waals surface area contributed by atoms with E-state index in [1.165, 1.54) is 0 Å². The third-order valence-electron chi connectivity index (χ3n) is 9.41. The Balaban J connectivity index is 1.31. The summed E-state index contributed by atoms with van der Waals surface area (Å²) in [5.74, 6) is -2.36. The van der Waals surface area contributed by atoms with Crippen LogP contribution in [0.3, 0.4) is 0 Å². The molecule has 2 saturated carbocycles. The first-order valence-electron chi connectivity index (χ1n) is 13.6. The van der Waals surface area contributed by atoms with E-state index in [9.17, 15) is 18.4 Å². The van der Waals surface area contributed by atoms with Crippen molar-refractivity contribution in [2.24, 2.45) is 22.7 Å². The summed E-state index contributed by atoms with van der Waals surface area (Å²) in [6, 6.07) is 2.79. The van der Waals surface area contributed by atoms with Crippen molar-refractivity contribution in [3.63, 3.8) is 0 Å². The smallest absolute Gasteiger partial charge is 0.412 e. The van der Waals surface area contributed by atoms with E-state index in [0.29, 0.717) is 25.0 Å². The van der Waals surface area contributed by atoms with Crippen LogP contribution >= 0.6 is 0 Å². The van der Waals surface area contributed by atoms with Gasteiger partial charge in [-0.1, -0.05) is 32.1 Å². The zero-order valence-corrected chi connectivity index (χ0v) is 23.0. The molecule has 7 nitrogen and oxygen atoms in total. The number of benzene rings is 1. The lowest BCUT2D eigenvalue weighted by Gasteiger charge is -2.63. The number of esters is 1. The molecule has 1 amide bonds. The lowest BCUT2D eigenvalue weighted by molar-refractivity contribution is -0.344. The van der Waals surface area contributed by atoms with E-state index in [4.69, 9.17) is 18.9 Å². The molecule has 212 valence electrons. The highest BCUT2D eigenvalue weighted by Crippen LogP contribution is 2.63. The summed E-state index contributed by atoms with van der Waals surface area (Å²) in [7, 11) is 0. The Morgan fingerprint density at radius 2 is 1.97 bits per heavy atom. The van der Waals surface area contributed by atoms with Crippen LogP contribution in [0.5, 0.6) is 0 Å². The molecule has 0 spiro atoms. The van der Waals surface area contributed by atoms with Crippen LogP contribution in [0.1, 0.15) is 59.8 Å². The number of carbonyl (C=O) groups excluding carboxylic acids is 2. The highest BCUT2D eigenvalue weighted by molar-refractivity contribution is 5.93. The molecule has 0 unspecified atom stereocenters. The first-order chi connectivity index (χ1) is 18.3. The van der Waals surface area contributed by atoms with Gasteiger partial charge in [0.2, 0.25) is 0 Å². The second-order valence-electron chi connectivity index (χ2n) is 12.3. The summed E-state index contributed by atoms with van der Waals surface area (Å²) in [6.45, 7) is 13.4. The predicted molar refractivity (Wildman–Crippen MR) is 140 cm³/mol. The number of carbonyl (C=O) groups is 2. The van der Waals surface area contributed by atoms with Crippen LogP contribution in [0, 0.1) is 34.3 Å². The Hall–Kier alpha value is -2.78. The van der Waals surface area contributed by atoms with Crippen molar-refractivity contribution >= 4 is 17.7 Å². The van der Waals surface area contributed by atoms with Gasteiger partial charge in [0.25, 0.3) is 0 Å². The maximum Gasteiger partial charge on any atom is 0.412 e. The third kappa shape index (κ3) is 5.11. The molecule has 2 aliphatic carbocycles. The number of anilines is 1. The molecule has 9 heteroatoms. The van der Waals surface area contributed by atoms with E-state index in [2.05, 4.69) is 25.7 Å². The minimum absolute atomic E-state index is 0.0673.